The lowest BCUT2D eigenvalue weighted by atomic mass is 10.1. The van der Waals surface area contributed by atoms with Crippen LogP contribution >= 0.6 is 27.7 Å². The predicted molar refractivity (Wildman–Crippen MR) is 115 cm³/mol. The van der Waals surface area contributed by atoms with Gasteiger partial charge in [-0.3, -0.25) is 4.79 Å². The Balaban J connectivity index is 2.06. The number of aromatic nitrogens is 3. The average molecular weight is 513 g/mol. The molecule has 0 saturated heterocycles. The van der Waals surface area contributed by atoms with Gasteiger partial charge in [0.25, 0.3) is 11.8 Å². The molecule has 31 heavy (non-hydrogen) atoms. The third kappa shape index (κ3) is 5.34. The van der Waals surface area contributed by atoms with Gasteiger partial charge in [-0.05, 0) is 71.9 Å². The van der Waals surface area contributed by atoms with Crippen molar-refractivity contribution in [2.75, 3.05) is 11.6 Å². The van der Waals surface area contributed by atoms with Crippen molar-refractivity contribution >= 4 is 39.3 Å². The Kier molecular flexibility index (Phi) is 6.85. The van der Waals surface area contributed by atoms with E-state index < -0.39 is 23.3 Å². The standard InChI is InChI=1S/C20H16BrF3N4O2S/c1-10-16(18(29)26-12-5-4-6-13(9-12)31-3)19(28-27-17(10)20(22,23)24)30-14-7-8-15(21)25-11(14)2/h4-9H,1-3H3,(H,26,29). The van der Waals surface area contributed by atoms with Gasteiger partial charge in [0.2, 0.25) is 0 Å². The van der Waals surface area contributed by atoms with E-state index in [0.29, 0.717) is 16.0 Å². The second-order valence-corrected chi connectivity index (χ2v) is 8.05. The molecule has 0 saturated carbocycles. The number of pyridine rings is 1. The van der Waals surface area contributed by atoms with Gasteiger partial charge in [-0.1, -0.05) is 6.07 Å². The Hall–Kier alpha value is -2.66. The fourth-order valence-corrected chi connectivity index (χ4v) is 3.59. The van der Waals surface area contributed by atoms with Crippen LogP contribution in [0.25, 0.3) is 0 Å². The molecule has 1 aromatic carbocycles. The molecule has 0 fully saturated rings. The molecular weight excluding hydrogens is 497 g/mol. The molecule has 1 amide bonds. The molecule has 6 nitrogen and oxygen atoms in total. The number of carbonyl (C=O) groups excluding carboxylic acids is 1. The minimum Gasteiger partial charge on any atom is -0.435 e. The largest absolute Gasteiger partial charge is 0.435 e. The molecule has 0 atom stereocenters. The maximum atomic E-state index is 13.4. The number of anilines is 1. The third-order valence-corrected chi connectivity index (χ3v) is 5.39. The molecule has 3 rings (SSSR count). The van der Waals surface area contributed by atoms with Crippen molar-refractivity contribution in [3.63, 3.8) is 0 Å². The molecule has 162 valence electrons. The summed E-state index contributed by atoms with van der Waals surface area (Å²) in [6.45, 7) is 2.81. The van der Waals surface area contributed by atoms with Crippen molar-refractivity contribution in [3.8, 4) is 11.6 Å². The van der Waals surface area contributed by atoms with Crippen LogP contribution in [0.5, 0.6) is 11.6 Å². The number of nitrogens with one attached hydrogen (secondary N) is 1. The number of aryl methyl sites for hydroxylation is 1. The number of hydrogen-bond donors (Lipinski definition) is 1. The van der Waals surface area contributed by atoms with Crippen molar-refractivity contribution in [1.82, 2.24) is 15.2 Å². The van der Waals surface area contributed by atoms with Gasteiger partial charge in [-0.2, -0.15) is 13.2 Å². The normalized spacial score (nSPS) is 11.3. The lowest BCUT2D eigenvalue weighted by molar-refractivity contribution is -0.142. The van der Waals surface area contributed by atoms with Crippen molar-refractivity contribution in [3.05, 3.63) is 63.5 Å². The summed E-state index contributed by atoms with van der Waals surface area (Å²) in [5, 5.41) is 9.43. The second kappa shape index (κ2) is 9.23. The zero-order chi connectivity index (χ0) is 22.8. The van der Waals surface area contributed by atoms with E-state index in [-0.39, 0.29) is 17.2 Å². The Bertz CT molecular complexity index is 1140. The van der Waals surface area contributed by atoms with Crippen molar-refractivity contribution in [2.45, 2.75) is 24.9 Å². The van der Waals surface area contributed by atoms with E-state index in [9.17, 15) is 18.0 Å². The predicted octanol–water partition coefficient (Wildman–Crippen LogP) is 6.04. The highest BCUT2D eigenvalue weighted by atomic mass is 79.9. The first-order chi connectivity index (χ1) is 14.6. The lowest BCUT2D eigenvalue weighted by Gasteiger charge is -2.16. The molecule has 0 unspecified atom stereocenters. The number of alkyl halides is 3. The third-order valence-electron chi connectivity index (χ3n) is 4.22. The molecule has 11 heteroatoms. The molecule has 1 N–H and O–H groups in total. The first-order valence-corrected chi connectivity index (χ1v) is 10.8. The van der Waals surface area contributed by atoms with E-state index >= 15 is 0 Å². The monoisotopic (exact) mass is 512 g/mol. The van der Waals surface area contributed by atoms with Gasteiger partial charge in [0, 0.05) is 10.6 Å². The summed E-state index contributed by atoms with van der Waals surface area (Å²) < 4.78 is 46.4. The van der Waals surface area contributed by atoms with Gasteiger partial charge in [0.15, 0.2) is 11.4 Å². The van der Waals surface area contributed by atoms with Crippen LogP contribution < -0.4 is 10.1 Å². The van der Waals surface area contributed by atoms with Gasteiger partial charge in [0.1, 0.15) is 10.2 Å². The fraction of sp³-hybridized carbons (Fsp3) is 0.200. The van der Waals surface area contributed by atoms with Crippen LogP contribution in [-0.2, 0) is 6.18 Å². The number of ether oxygens (including phenoxy) is 1. The number of carbonyl (C=O) groups is 1. The van der Waals surface area contributed by atoms with Gasteiger partial charge in [-0.25, -0.2) is 4.98 Å². The quantitative estimate of drug-likeness (QED) is 0.332. The van der Waals surface area contributed by atoms with E-state index in [0.717, 1.165) is 11.8 Å². The molecule has 0 aliphatic rings. The number of benzene rings is 1. The van der Waals surface area contributed by atoms with Crippen molar-refractivity contribution in [1.29, 1.82) is 0 Å². The molecule has 0 aliphatic carbocycles. The van der Waals surface area contributed by atoms with Gasteiger partial charge in [-0.15, -0.1) is 22.0 Å². The van der Waals surface area contributed by atoms with Crippen molar-refractivity contribution < 1.29 is 22.7 Å². The topological polar surface area (TPSA) is 77.0 Å². The van der Waals surface area contributed by atoms with E-state index in [2.05, 4.69) is 36.4 Å². The SMILES string of the molecule is CSc1cccc(NC(=O)c2c(Oc3ccc(Br)nc3C)nnc(C(F)(F)F)c2C)c1. The Morgan fingerprint density at radius 2 is 1.90 bits per heavy atom. The Morgan fingerprint density at radius 3 is 2.55 bits per heavy atom. The van der Waals surface area contributed by atoms with Crippen LogP contribution in [0.2, 0.25) is 0 Å². The zero-order valence-electron chi connectivity index (χ0n) is 16.5. The summed E-state index contributed by atoms with van der Waals surface area (Å²) in [5.74, 6) is -0.916. The second-order valence-electron chi connectivity index (χ2n) is 6.36. The summed E-state index contributed by atoms with van der Waals surface area (Å²) in [5.41, 5.74) is -1.13. The first kappa shape index (κ1) is 23.0. The molecule has 0 spiro atoms. The fourth-order valence-electron chi connectivity index (χ4n) is 2.73. The van der Waals surface area contributed by atoms with Crippen LogP contribution in [0.3, 0.4) is 0 Å². The number of rotatable bonds is 5. The Morgan fingerprint density at radius 1 is 1.16 bits per heavy atom. The molecule has 0 aliphatic heterocycles. The summed E-state index contributed by atoms with van der Waals surface area (Å²) >= 11 is 4.69. The van der Waals surface area contributed by atoms with Crippen molar-refractivity contribution in [2.24, 2.45) is 0 Å². The summed E-state index contributed by atoms with van der Waals surface area (Å²) in [6.07, 6.45) is -2.91. The number of nitrogens with zero attached hydrogens (tertiary/aromatic N) is 3. The molecule has 0 bridgehead atoms. The number of thioether (sulfide) groups is 1. The van der Waals surface area contributed by atoms with Crippen LogP contribution in [0.4, 0.5) is 18.9 Å². The molecular formula is C20H16BrF3N4O2S. The maximum Gasteiger partial charge on any atom is 0.435 e. The van der Waals surface area contributed by atoms with Crippen LogP contribution in [-0.4, -0.2) is 27.3 Å². The van der Waals surface area contributed by atoms with Crippen LogP contribution in [0.15, 0.2) is 45.9 Å². The Labute approximate surface area is 188 Å². The minimum atomic E-state index is -4.78. The summed E-state index contributed by atoms with van der Waals surface area (Å²) in [6, 6.07) is 10.1. The lowest BCUT2D eigenvalue weighted by Crippen LogP contribution is -2.21. The molecule has 0 radical (unpaired) electrons. The highest BCUT2D eigenvalue weighted by molar-refractivity contribution is 9.10. The zero-order valence-corrected chi connectivity index (χ0v) is 18.9. The van der Waals surface area contributed by atoms with E-state index in [1.54, 1.807) is 37.3 Å². The number of amides is 1. The molecule has 3 aromatic rings. The van der Waals surface area contributed by atoms with Gasteiger partial charge < -0.3 is 10.1 Å². The number of hydrogen-bond acceptors (Lipinski definition) is 6. The van der Waals surface area contributed by atoms with Crippen LogP contribution in [0.1, 0.15) is 27.3 Å². The smallest absolute Gasteiger partial charge is 0.435 e. The first-order valence-electron chi connectivity index (χ1n) is 8.81. The highest BCUT2D eigenvalue weighted by Gasteiger charge is 2.38. The molecule has 2 aromatic heterocycles. The minimum absolute atomic E-state index is 0.232. The highest BCUT2D eigenvalue weighted by Crippen LogP contribution is 2.35. The van der Waals surface area contributed by atoms with Crippen LogP contribution in [0, 0.1) is 13.8 Å². The average Bonchev–Trinajstić information content (AvgIpc) is 2.69. The summed E-state index contributed by atoms with van der Waals surface area (Å²) in [7, 11) is 0. The van der Waals surface area contributed by atoms with E-state index in [1.165, 1.54) is 11.8 Å². The van der Waals surface area contributed by atoms with E-state index in [4.69, 9.17) is 4.74 Å². The van der Waals surface area contributed by atoms with Gasteiger partial charge in [0.05, 0.1) is 5.69 Å². The number of halogens is 4. The van der Waals surface area contributed by atoms with Gasteiger partial charge >= 0.3 is 6.18 Å². The maximum absolute atomic E-state index is 13.4. The van der Waals surface area contributed by atoms with E-state index in [1.807, 2.05) is 12.3 Å². The molecule has 2 heterocycles. The summed E-state index contributed by atoms with van der Waals surface area (Å²) in [4.78, 5) is 18.1.